The van der Waals surface area contributed by atoms with Gasteiger partial charge in [0, 0.05) is 0 Å². The lowest BCUT2D eigenvalue weighted by Crippen LogP contribution is -2.31. The smallest absolute Gasteiger partial charge is 0.317 e. The second kappa shape index (κ2) is 4.43. The maximum atomic E-state index is 9.17. The molecule has 0 aliphatic rings. The van der Waals surface area contributed by atoms with E-state index in [9.17, 15) is 0 Å². The minimum atomic E-state index is -3.34. The molecular weight excluding hydrogens is 187 g/mol. The Balaban J connectivity index is 3.86. The Morgan fingerprint density at radius 1 is 1.33 bits per heavy atom. The third-order valence-electron chi connectivity index (χ3n) is 0.827. The Labute approximate surface area is 70.9 Å². The van der Waals surface area contributed by atoms with E-state index in [2.05, 4.69) is 4.52 Å². The van der Waals surface area contributed by atoms with Crippen LogP contribution in [0, 0.1) is 0 Å². The molecule has 0 aromatic carbocycles. The zero-order valence-electron chi connectivity index (χ0n) is 6.97. The second-order valence-electron chi connectivity index (χ2n) is 2.30. The predicted octanol–water partition coefficient (Wildman–Crippen LogP) is -0.598. The van der Waals surface area contributed by atoms with Crippen LogP contribution in [-0.2, 0) is 9.05 Å². The summed E-state index contributed by atoms with van der Waals surface area (Å²) in [5.41, 5.74) is 0. The van der Waals surface area contributed by atoms with Crippen LogP contribution in [-0.4, -0.2) is 39.6 Å². The summed E-state index contributed by atoms with van der Waals surface area (Å²) in [5.74, 6) is 0. The Kier molecular flexibility index (Phi) is 4.50. The number of aliphatic hydroxyl groups is 3. The molecule has 0 radical (unpaired) electrons. The summed E-state index contributed by atoms with van der Waals surface area (Å²) in [4.78, 5) is 9.17. The lowest BCUT2D eigenvalue weighted by atomic mass is 10.5. The van der Waals surface area contributed by atoms with Crippen LogP contribution in [0.1, 0.15) is 13.3 Å². The first kappa shape index (κ1) is 12.2. The van der Waals surface area contributed by atoms with E-state index >= 15 is 0 Å². The molecular formula is C5H14O6P+. The largest absolute Gasteiger partial charge is 0.444 e. The van der Waals surface area contributed by atoms with Crippen molar-refractivity contribution in [1.29, 1.82) is 0 Å². The number of hydrogen-bond donors (Lipinski definition) is 4. The topological polar surface area (TPSA) is 99.4 Å². The highest BCUT2D eigenvalue weighted by atomic mass is 31.2. The lowest BCUT2D eigenvalue weighted by Gasteiger charge is -2.17. The molecule has 0 heterocycles. The fourth-order valence-corrected chi connectivity index (χ4v) is 1.54. The first-order valence-electron chi connectivity index (χ1n) is 3.38. The summed E-state index contributed by atoms with van der Waals surface area (Å²) in [7, 11) is -3.33. The van der Waals surface area contributed by atoms with Crippen LogP contribution in [0.15, 0.2) is 0 Å². The molecule has 0 saturated heterocycles. The summed E-state index contributed by atoms with van der Waals surface area (Å²) in [6, 6.07) is 0. The number of hydrogen-bond acceptors (Lipinski definition) is 6. The van der Waals surface area contributed by atoms with Crippen LogP contribution in [0.25, 0.3) is 0 Å². The monoisotopic (exact) mass is 201 g/mol. The molecule has 0 rings (SSSR count). The molecule has 0 fully saturated rings. The summed E-state index contributed by atoms with van der Waals surface area (Å²) >= 11 is 0. The van der Waals surface area contributed by atoms with E-state index in [1.165, 1.54) is 0 Å². The molecule has 0 aromatic rings. The average molecular weight is 201 g/mol. The first-order chi connectivity index (χ1) is 5.27. The van der Waals surface area contributed by atoms with Crippen molar-refractivity contribution < 1.29 is 29.3 Å². The van der Waals surface area contributed by atoms with Gasteiger partial charge in [0.05, 0.1) is 6.61 Å². The molecule has 0 aliphatic heterocycles. The summed E-state index contributed by atoms with van der Waals surface area (Å²) in [6.45, 7) is 3.17. The maximum Gasteiger partial charge on any atom is 0.444 e. The maximum absolute atomic E-state index is 9.17. The van der Waals surface area contributed by atoms with Crippen molar-refractivity contribution >= 4 is 7.94 Å². The normalized spacial score (nSPS) is 17.5. The van der Waals surface area contributed by atoms with Crippen molar-refractivity contribution in [2.45, 2.75) is 19.5 Å². The van der Waals surface area contributed by atoms with Gasteiger partial charge < -0.3 is 15.3 Å². The summed E-state index contributed by atoms with van der Waals surface area (Å²) < 4.78 is 8.76. The van der Waals surface area contributed by atoms with Crippen LogP contribution in [0.5, 0.6) is 0 Å². The van der Waals surface area contributed by atoms with Gasteiger partial charge in [-0.15, -0.1) is 0 Å². The molecule has 0 aromatic heterocycles. The molecule has 0 saturated carbocycles. The first-order valence-corrected chi connectivity index (χ1v) is 5.41. The van der Waals surface area contributed by atoms with Crippen LogP contribution in [0.3, 0.4) is 0 Å². The SMILES string of the molecule is CCCO[P+](C)(O)OC(O)(O)O. The third kappa shape index (κ3) is 6.87. The van der Waals surface area contributed by atoms with Gasteiger partial charge in [-0.05, 0) is 6.42 Å². The quantitative estimate of drug-likeness (QED) is 0.350. The molecule has 0 amide bonds. The lowest BCUT2D eigenvalue weighted by molar-refractivity contribution is -0.423. The van der Waals surface area contributed by atoms with Crippen molar-refractivity contribution in [2.24, 2.45) is 0 Å². The van der Waals surface area contributed by atoms with E-state index in [0.717, 1.165) is 6.66 Å². The van der Waals surface area contributed by atoms with Gasteiger partial charge in [0.25, 0.3) is 0 Å². The van der Waals surface area contributed by atoms with E-state index in [-0.39, 0.29) is 6.61 Å². The number of rotatable bonds is 5. The van der Waals surface area contributed by atoms with E-state index in [1.807, 2.05) is 6.92 Å². The molecule has 0 spiro atoms. The zero-order chi connectivity index (χ0) is 9.83. The zero-order valence-corrected chi connectivity index (χ0v) is 7.86. The highest BCUT2D eigenvalue weighted by Crippen LogP contribution is 2.54. The minimum Gasteiger partial charge on any atom is -0.317 e. The van der Waals surface area contributed by atoms with Crippen molar-refractivity contribution in [2.75, 3.05) is 13.3 Å². The van der Waals surface area contributed by atoms with E-state index < -0.39 is 14.1 Å². The molecule has 0 bridgehead atoms. The molecule has 74 valence electrons. The van der Waals surface area contributed by atoms with Gasteiger partial charge in [0.1, 0.15) is 6.66 Å². The van der Waals surface area contributed by atoms with E-state index in [4.69, 9.17) is 24.7 Å². The molecule has 7 heteroatoms. The Morgan fingerprint density at radius 2 is 1.83 bits per heavy atom. The third-order valence-corrected chi connectivity index (χ3v) is 2.07. The fraction of sp³-hybridized carbons (Fsp3) is 1.00. The van der Waals surface area contributed by atoms with E-state index in [0.29, 0.717) is 6.42 Å². The Hall–Kier alpha value is 0.190. The summed E-state index contributed by atoms with van der Waals surface area (Å²) in [6.07, 6.45) is -2.69. The van der Waals surface area contributed by atoms with Crippen LogP contribution in [0.2, 0.25) is 0 Å². The minimum absolute atomic E-state index is 0.219. The summed E-state index contributed by atoms with van der Waals surface area (Å²) in [5, 5.41) is 25.0. The van der Waals surface area contributed by atoms with Crippen molar-refractivity contribution in [3.63, 3.8) is 0 Å². The average Bonchev–Trinajstić information content (AvgIpc) is 1.78. The van der Waals surface area contributed by atoms with Gasteiger partial charge in [-0.25, -0.2) is 0 Å². The molecule has 1 unspecified atom stereocenters. The highest BCUT2D eigenvalue weighted by molar-refractivity contribution is 7.59. The van der Waals surface area contributed by atoms with Gasteiger partial charge in [-0.1, -0.05) is 11.4 Å². The fourth-order valence-electron chi connectivity index (χ4n) is 0.514. The van der Waals surface area contributed by atoms with E-state index in [1.54, 1.807) is 0 Å². The van der Waals surface area contributed by atoms with Crippen molar-refractivity contribution in [3.05, 3.63) is 0 Å². The molecule has 0 aliphatic carbocycles. The van der Waals surface area contributed by atoms with Crippen LogP contribution >= 0.6 is 7.94 Å². The van der Waals surface area contributed by atoms with Gasteiger partial charge in [-0.2, -0.15) is 9.42 Å². The van der Waals surface area contributed by atoms with Crippen LogP contribution in [0.4, 0.5) is 0 Å². The van der Waals surface area contributed by atoms with Gasteiger partial charge in [0.15, 0.2) is 0 Å². The van der Waals surface area contributed by atoms with Crippen LogP contribution < -0.4 is 0 Å². The van der Waals surface area contributed by atoms with Crippen molar-refractivity contribution in [3.8, 4) is 0 Å². The molecule has 4 N–H and O–H groups in total. The Morgan fingerprint density at radius 3 is 2.17 bits per heavy atom. The van der Waals surface area contributed by atoms with Gasteiger partial charge >= 0.3 is 14.1 Å². The van der Waals surface area contributed by atoms with Gasteiger partial charge in [0.2, 0.25) is 0 Å². The molecule has 1 atom stereocenters. The highest BCUT2D eigenvalue weighted by Gasteiger charge is 2.44. The Bertz CT molecular complexity index is 130. The second-order valence-corrected chi connectivity index (χ2v) is 4.35. The molecule has 12 heavy (non-hydrogen) atoms. The van der Waals surface area contributed by atoms with Gasteiger partial charge in [-0.3, -0.25) is 0 Å². The predicted molar refractivity (Wildman–Crippen MR) is 41.8 cm³/mol. The standard InChI is InChI=1S/C5H14O6P/c1-3-4-10-12(2,9)11-5(6,7)8/h6-9H,3-4H2,1-2H3/q+1. The molecule has 6 nitrogen and oxygen atoms in total. The van der Waals surface area contributed by atoms with Crippen molar-refractivity contribution in [1.82, 2.24) is 0 Å².